The maximum atomic E-state index is 11.7. The van der Waals surface area contributed by atoms with Gasteiger partial charge in [0.2, 0.25) is 11.8 Å². The summed E-state index contributed by atoms with van der Waals surface area (Å²) in [6, 6.07) is 0.299. The second-order valence-corrected chi connectivity index (χ2v) is 4.82. The third kappa shape index (κ3) is 2.72. The lowest BCUT2D eigenvalue weighted by atomic mass is 10.1. The van der Waals surface area contributed by atoms with Crippen molar-refractivity contribution < 1.29 is 9.59 Å². The maximum Gasteiger partial charge on any atom is 0.223 e. The summed E-state index contributed by atoms with van der Waals surface area (Å²) in [6.07, 6.45) is 4.03. The van der Waals surface area contributed by atoms with Gasteiger partial charge in [0.05, 0.1) is 0 Å². The molecule has 90 valence electrons. The van der Waals surface area contributed by atoms with Crippen molar-refractivity contribution >= 4 is 11.8 Å². The molecule has 1 aliphatic carbocycles. The molecule has 2 fully saturated rings. The van der Waals surface area contributed by atoms with Gasteiger partial charge in [-0.1, -0.05) is 0 Å². The van der Waals surface area contributed by atoms with Crippen LogP contribution in [-0.2, 0) is 9.59 Å². The quantitative estimate of drug-likeness (QED) is 0.606. The third-order valence-corrected chi connectivity index (χ3v) is 3.45. The molecule has 5 heteroatoms. The van der Waals surface area contributed by atoms with Crippen molar-refractivity contribution in [2.75, 3.05) is 6.54 Å². The molecule has 2 amide bonds. The van der Waals surface area contributed by atoms with Crippen molar-refractivity contribution in [2.45, 2.75) is 44.2 Å². The van der Waals surface area contributed by atoms with Crippen LogP contribution in [0.4, 0.5) is 0 Å². The normalized spacial score (nSPS) is 33.8. The van der Waals surface area contributed by atoms with Crippen molar-refractivity contribution in [3.8, 4) is 0 Å². The number of nitrogens with two attached hydrogens (primary N) is 1. The number of carbonyl (C=O) groups is 2. The van der Waals surface area contributed by atoms with Crippen LogP contribution in [0.5, 0.6) is 0 Å². The maximum absolute atomic E-state index is 11.7. The summed E-state index contributed by atoms with van der Waals surface area (Å²) >= 11 is 0. The minimum Gasteiger partial charge on any atom is -0.354 e. The van der Waals surface area contributed by atoms with E-state index in [1.54, 1.807) is 0 Å². The molecule has 0 aromatic rings. The Kier molecular flexibility index (Phi) is 3.43. The highest BCUT2D eigenvalue weighted by molar-refractivity contribution is 5.80. The first-order chi connectivity index (χ1) is 7.65. The fourth-order valence-corrected chi connectivity index (χ4v) is 2.45. The van der Waals surface area contributed by atoms with Crippen LogP contribution in [0.2, 0.25) is 0 Å². The van der Waals surface area contributed by atoms with Gasteiger partial charge in [-0.05, 0) is 25.7 Å². The molecule has 4 N–H and O–H groups in total. The summed E-state index contributed by atoms with van der Waals surface area (Å²) in [7, 11) is 0. The molecule has 1 heterocycles. The Bertz CT molecular complexity index is 293. The number of nitrogens with one attached hydrogen (secondary N) is 2. The molecule has 0 spiro atoms. The van der Waals surface area contributed by atoms with E-state index in [9.17, 15) is 9.59 Å². The van der Waals surface area contributed by atoms with Crippen molar-refractivity contribution in [1.82, 2.24) is 10.6 Å². The van der Waals surface area contributed by atoms with Crippen LogP contribution in [0.25, 0.3) is 0 Å². The zero-order chi connectivity index (χ0) is 11.5. The van der Waals surface area contributed by atoms with E-state index in [2.05, 4.69) is 10.6 Å². The summed E-state index contributed by atoms with van der Waals surface area (Å²) in [4.78, 5) is 22.7. The highest BCUT2D eigenvalue weighted by Gasteiger charge is 2.28. The number of rotatable bonds is 3. The van der Waals surface area contributed by atoms with Gasteiger partial charge in [0.1, 0.15) is 0 Å². The predicted octanol–water partition coefficient (Wildman–Crippen LogP) is -0.491. The molecule has 16 heavy (non-hydrogen) atoms. The fourth-order valence-electron chi connectivity index (χ4n) is 2.45. The minimum atomic E-state index is 0.0760. The largest absolute Gasteiger partial charge is 0.354 e. The molecule has 0 radical (unpaired) electrons. The third-order valence-electron chi connectivity index (χ3n) is 3.45. The number of carbonyl (C=O) groups excluding carboxylic acids is 2. The summed E-state index contributed by atoms with van der Waals surface area (Å²) < 4.78 is 0. The molecule has 2 aliphatic rings. The smallest absolute Gasteiger partial charge is 0.223 e. The fraction of sp³-hybridized carbons (Fsp3) is 0.818. The molecule has 0 aromatic carbocycles. The molecule has 3 unspecified atom stereocenters. The lowest BCUT2D eigenvalue weighted by Gasteiger charge is -2.14. The molecular formula is C11H19N3O2. The first-order valence-electron chi connectivity index (χ1n) is 5.98. The Balaban J connectivity index is 1.69. The molecule has 1 saturated heterocycles. The Morgan fingerprint density at radius 3 is 2.81 bits per heavy atom. The van der Waals surface area contributed by atoms with Crippen LogP contribution in [0.3, 0.4) is 0 Å². The van der Waals surface area contributed by atoms with Crippen LogP contribution < -0.4 is 16.4 Å². The highest BCUT2D eigenvalue weighted by Crippen LogP contribution is 2.24. The summed E-state index contributed by atoms with van der Waals surface area (Å²) in [5.41, 5.74) is 5.76. The Labute approximate surface area is 95.1 Å². The molecule has 1 aliphatic heterocycles. The van der Waals surface area contributed by atoms with Gasteiger partial charge in [0.15, 0.2) is 0 Å². The Morgan fingerprint density at radius 1 is 1.44 bits per heavy atom. The van der Waals surface area contributed by atoms with Crippen LogP contribution in [0.15, 0.2) is 0 Å². The second-order valence-electron chi connectivity index (χ2n) is 4.82. The SMILES string of the molecule is NC1CCC(C(=O)NCC2CCC(=O)N2)C1. The molecule has 0 aromatic heterocycles. The molecule has 0 bridgehead atoms. The van der Waals surface area contributed by atoms with E-state index in [1.807, 2.05) is 0 Å². The minimum absolute atomic E-state index is 0.0760. The highest BCUT2D eigenvalue weighted by atomic mass is 16.2. The average molecular weight is 225 g/mol. The van der Waals surface area contributed by atoms with E-state index in [0.717, 1.165) is 25.7 Å². The summed E-state index contributed by atoms with van der Waals surface area (Å²) in [5.74, 6) is 0.253. The van der Waals surface area contributed by atoms with Gasteiger partial charge in [-0.2, -0.15) is 0 Å². The van der Waals surface area contributed by atoms with Crippen LogP contribution >= 0.6 is 0 Å². The Hall–Kier alpha value is -1.10. The molecule has 3 atom stereocenters. The monoisotopic (exact) mass is 225 g/mol. The van der Waals surface area contributed by atoms with Crippen molar-refractivity contribution in [3.63, 3.8) is 0 Å². The average Bonchev–Trinajstić information content (AvgIpc) is 2.84. The van der Waals surface area contributed by atoms with Gasteiger partial charge in [-0.3, -0.25) is 9.59 Å². The summed E-state index contributed by atoms with van der Waals surface area (Å²) in [5, 5.41) is 5.73. The standard InChI is InChI=1S/C11H19N3O2/c12-8-2-1-7(5-8)11(16)13-6-9-3-4-10(15)14-9/h7-9H,1-6,12H2,(H,13,16)(H,14,15). The topological polar surface area (TPSA) is 84.2 Å². The first-order valence-corrected chi connectivity index (χ1v) is 5.98. The van der Waals surface area contributed by atoms with Gasteiger partial charge in [0, 0.05) is 31.0 Å². The molecule has 5 nitrogen and oxygen atoms in total. The number of amides is 2. The van der Waals surface area contributed by atoms with E-state index in [1.165, 1.54) is 0 Å². The number of hydrogen-bond acceptors (Lipinski definition) is 3. The van der Waals surface area contributed by atoms with Gasteiger partial charge in [0.25, 0.3) is 0 Å². The van der Waals surface area contributed by atoms with E-state index in [4.69, 9.17) is 5.73 Å². The van der Waals surface area contributed by atoms with Gasteiger partial charge in [-0.25, -0.2) is 0 Å². The zero-order valence-corrected chi connectivity index (χ0v) is 9.37. The van der Waals surface area contributed by atoms with Gasteiger partial charge < -0.3 is 16.4 Å². The van der Waals surface area contributed by atoms with Crippen molar-refractivity contribution in [2.24, 2.45) is 11.7 Å². The van der Waals surface area contributed by atoms with Gasteiger partial charge in [-0.15, -0.1) is 0 Å². The van der Waals surface area contributed by atoms with Crippen molar-refractivity contribution in [3.05, 3.63) is 0 Å². The summed E-state index contributed by atoms with van der Waals surface area (Å²) in [6.45, 7) is 0.552. The number of hydrogen-bond donors (Lipinski definition) is 3. The van der Waals surface area contributed by atoms with Crippen LogP contribution in [-0.4, -0.2) is 30.4 Å². The van der Waals surface area contributed by atoms with E-state index in [0.29, 0.717) is 13.0 Å². The zero-order valence-electron chi connectivity index (χ0n) is 9.37. The van der Waals surface area contributed by atoms with Gasteiger partial charge >= 0.3 is 0 Å². The molecule has 2 rings (SSSR count). The van der Waals surface area contributed by atoms with E-state index >= 15 is 0 Å². The van der Waals surface area contributed by atoms with Crippen molar-refractivity contribution in [1.29, 1.82) is 0 Å². The lowest BCUT2D eigenvalue weighted by Crippen LogP contribution is -2.40. The Morgan fingerprint density at radius 2 is 2.25 bits per heavy atom. The predicted molar refractivity (Wildman–Crippen MR) is 59.5 cm³/mol. The second kappa shape index (κ2) is 4.82. The first kappa shape index (κ1) is 11.4. The molecule has 1 saturated carbocycles. The lowest BCUT2D eigenvalue weighted by molar-refractivity contribution is -0.125. The van der Waals surface area contributed by atoms with Crippen LogP contribution in [0.1, 0.15) is 32.1 Å². The van der Waals surface area contributed by atoms with Crippen LogP contribution in [0, 0.1) is 5.92 Å². The van der Waals surface area contributed by atoms with E-state index < -0.39 is 0 Å². The molecular weight excluding hydrogens is 206 g/mol. The van der Waals surface area contributed by atoms with E-state index in [-0.39, 0.29) is 29.8 Å².